The number of hydrogen-bond acceptors (Lipinski definition) is 3. The van der Waals surface area contributed by atoms with Crippen LogP contribution >= 0.6 is 28.7 Å². The summed E-state index contributed by atoms with van der Waals surface area (Å²) in [6, 6.07) is 0.537. The molecule has 1 aromatic rings. The Morgan fingerprint density at radius 1 is 1.41 bits per heavy atom. The third-order valence-corrected chi connectivity index (χ3v) is 4.46. The smallest absolute Gasteiger partial charge is 0.157 e. The summed E-state index contributed by atoms with van der Waals surface area (Å²) in [4.78, 5) is 12.2. The lowest BCUT2D eigenvalue weighted by Gasteiger charge is -2.23. The first-order valence-corrected chi connectivity index (χ1v) is 8.97. The second kappa shape index (κ2) is 9.60. The van der Waals surface area contributed by atoms with Crippen LogP contribution in [0, 0.1) is 0 Å². The second-order valence-corrected chi connectivity index (χ2v) is 7.86. The quantitative estimate of drug-likeness (QED) is 0.448. The Morgan fingerprint density at radius 3 is 2.73 bits per heavy atom. The lowest BCUT2D eigenvalue weighted by Crippen LogP contribution is -2.39. The van der Waals surface area contributed by atoms with Crippen molar-refractivity contribution in [3.8, 4) is 0 Å². The number of rotatable bonds is 5. The van der Waals surface area contributed by atoms with E-state index in [1.54, 1.807) is 6.33 Å². The topological polar surface area (TPSA) is 53.1 Å². The van der Waals surface area contributed by atoms with E-state index < -0.39 is 0 Å². The zero-order valence-corrected chi connectivity index (χ0v) is 16.4. The fourth-order valence-corrected chi connectivity index (χ4v) is 3.56. The van der Waals surface area contributed by atoms with Gasteiger partial charge in [0.05, 0.1) is 12.4 Å². The normalized spacial score (nSPS) is 16.6. The Labute approximate surface area is 149 Å². The predicted octanol–water partition coefficient (Wildman–Crippen LogP) is 4.34. The van der Waals surface area contributed by atoms with E-state index in [1.165, 1.54) is 31.4 Å². The van der Waals surface area contributed by atoms with Crippen molar-refractivity contribution in [3.63, 3.8) is 0 Å². The van der Waals surface area contributed by atoms with Crippen molar-refractivity contribution in [1.29, 1.82) is 0 Å². The van der Waals surface area contributed by atoms with Crippen molar-refractivity contribution in [3.05, 3.63) is 18.2 Å². The van der Waals surface area contributed by atoms with E-state index in [0.717, 1.165) is 23.8 Å². The van der Waals surface area contributed by atoms with Gasteiger partial charge in [-0.25, -0.2) is 4.98 Å². The third kappa shape index (κ3) is 7.68. The summed E-state index contributed by atoms with van der Waals surface area (Å²) in [7, 11) is 0. The van der Waals surface area contributed by atoms with Crippen molar-refractivity contribution in [2.75, 3.05) is 5.75 Å². The van der Waals surface area contributed by atoms with Gasteiger partial charge in [-0.1, -0.05) is 24.6 Å². The fraction of sp³-hybridized carbons (Fsp3) is 0.750. The lowest BCUT2D eigenvalue weighted by atomic mass is 10.1. The van der Waals surface area contributed by atoms with Crippen LogP contribution in [0.25, 0.3) is 0 Å². The molecule has 1 aromatic heterocycles. The standard InChI is InChI=1S/C16H28N4S.BrH/c1-16(2,3)20-15(19-13-7-4-5-8-13)21-10-6-9-14-11-17-12-18-14;/h11-13H,4-10H2,1-3H3,(H,17,18)(H,19,20);1H. The van der Waals surface area contributed by atoms with E-state index >= 15 is 0 Å². The average Bonchev–Trinajstić information content (AvgIpc) is 3.05. The molecule has 0 atom stereocenters. The van der Waals surface area contributed by atoms with Crippen LogP contribution in [0.2, 0.25) is 0 Å². The maximum atomic E-state index is 4.94. The summed E-state index contributed by atoms with van der Waals surface area (Å²) in [6.45, 7) is 6.59. The first kappa shape index (κ1) is 19.6. The van der Waals surface area contributed by atoms with Crippen LogP contribution in [-0.2, 0) is 6.42 Å². The third-order valence-electron chi connectivity index (χ3n) is 3.49. The number of amidine groups is 1. The molecule has 1 fully saturated rings. The van der Waals surface area contributed by atoms with Crippen LogP contribution in [0.5, 0.6) is 0 Å². The fourth-order valence-electron chi connectivity index (χ4n) is 2.48. The highest BCUT2D eigenvalue weighted by Gasteiger charge is 2.17. The zero-order valence-electron chi connectivity index (χ0n) is 13.9. The summed E-state index contributed by atoms with van der Waals surface area (Å²) >= 11 is 1.86. The number of aromatic amines is 1. The number of H-pyrrole nitrogens is 1. The molecule has 0 spiro atoms. The van der Waals surface area contributed by atoms with Gasteiger partial charge in [0.1, 0.15) is 0 Å². The van der Waals surface area contributed by atoms with Crippen molar-refractivity contribution in [2.24, 2.45) is 4.99 Å². The largest absolute Gasteiger partial charge is 0.360 e. The van der Waals surface area contributed by atoms with E-state index in [2.05, 4.69) is 36.1 Å². The molecule has 0 unspecified atom stereocenters. The SMILES string of the molecule is Br.CC(C)(C)NC(=NC1CCCC1)SCCCc1cnc[nH]1. The Balaban J connectivity index is 0.00000242. The molecule has 0 aliphatic heterocycles. The van der Waals surface area contributed by atoms with E-state index in [-0.39, 0.29) is 22.5 Å². The molecule has 0 amide bonds. The van der Waals surface area contributed by atoms with Gasteiger partial charge in [-0.15, -0.1) is 17.0 Å². The van der Waals surface area contributed by atoms with Crippen LogP contribution in [0.3, 0.4) is 0 Å². The van der Waals surface area contributed by atoms with Crippen LogP contribution in [0.4, 0.5) is 0 Å². The molecule has 2 rings (SSSR count). The van der Waals surface area contributed by atoms with Crippen LogP contribution in [0.15, 0.2) is 17.5 Å². The maximum absolute atomic E-state index is 4.94. The number of halogens is 1. The number of aliphatic imine (C=N–C) groups is 1. The highest BCUT2D eigenvalue weighted by atomic mass is 79.9. The molecule has 1 aliphatic rings. The first-order chi connectivity index (χ1) is 10.0. The summed E-state index contributed by atoms with van der Waals surface area (Å²) in [5.41, 5.74) is 1.29. The van der Waals surface area contributed by atoms with E-state index in [9.17, 15) is 0 Å². The van der Waals surface area contributed by atoms with Crippen molar-refractivity contribution in [2.45, 2.75) is 70.9 Å². The van der Waals surface area contributed by atoms with E-state index in [4.69, 9.17) is 4.99 Å². The van der Waals surface area contributed by atoms with Crippen molar-refractivity contribution < 1.29 is 0 Å². The monoisotopic (exact) mass is 388 g/mol. The van der Waals surface area contributed by atoms with Gasteiger partial charge in [-0.3, -0.25) is 4.99 Å². The molecule has 0 aromatic carbocycles. The van der Waals surface area contributed by atoms with Gasteiger partial charge in [0.25, 0.3) is 0 Å². The van der Waals surface area contributed by atoms with Gasteiger partial charge in [0.15, 0.2) is 5.17 Å². The van der Waals surface area contributed by atoms with Gasteiger partial charge < -0.3 is 10.3 Å². The number of aromatic nitrogens is 2. The summed E-state index contributed by atoms with van der Waals surface area (Å²) in [5, 5.41) is 4.69. The van der Waals surface area contributed by atoms with Crippen LogP contribution in [-0.4, -0.2) is 32.5 Å². The Hall–Kier alpha value is -0.490. The number of imidazole rings is 1. The van der Waals surface area contributed by atoms with Gasteiger partial charge in [0, 0.05) is 23.2 Å². The molecular weight excluding hydrogens is 360 g/mol. The zero-order chi connectivity index (χ0) is 15.1. The lowest BCUT2D eigenvalue weighted by molar-refractivity contribution is 0.512. The van der Waals surface area contributed by atoms with Gasteiger partial charge in [0.2, 0.25) is 0 Å². The molecule has 6 heteroatoms. The predicted molar refractivity (Wildman–Crippen MR) is 102 cm³/mol. The van der Waals surface area contributed by atoms with Crippen LogP contribution < -0.4 is 5.32 Å². The Kier molecular flexibility index (Phi) is 8.54. The molecule has 0 saturated heterocycles. The molecule has 1 aliphatic carbocycles. The minimum absolute atomic E-state index is 0. The Morgan fingerprint density at radius 2 is 2.14 bits per heavy atom. The van der Waals surface area contributed by atoms with Gasteiger partial charge >= 0.3 is 0 Å². The maximum Gasteiger partial charge on any atom is 0.157 e. The molecule has 1 saturated carbocycles. The number of hydrogen-bond donors (Lipinski definition) is 2. The van der Waals surface area contributed by atoms with Crippen molar-refractivity contribution >= 4 is 33.9 Å². The van der Waals surface area contributed by atoms with E-state index in [1.807, 2.05) is 18.0 Å². The minimum Gasteiger partial charge on any atom is -0.360 e. The molecule has 0 bridgehead atoms. The second-order valence-electron chi connectivity index (χ2n) is 6.78. The molecular formula is C16H29BrN4S. The van der Waals surface area contributed by atoms with Crippen LogP contribution in [0.1, 0.15) is 58.6 Å². The van der Waals surface area contributed by atoms with Gasteiger partial charge in [-0.05, 0) is 46.5 Å². The number of aryl methyl sites for hydroxylation is 1. The summed E-state index contributed by atoms with van der Waals surface area (Å²) in [5.74, 6) is 1.09. The molecule has 4 nitrogen and oxygen atoms in total. The minimum atomic E-state index is 0. The van der Waals surface area contributed by atoms with Crippen molar-refractivity contribution in [1.82, 2.24) is 15.3 Å². The first-order valence-electron chi connectivity index (χ1n) is 7.99. The molecule has 0 radical (unpaired) electrons. The molecule has 2 N–H and O–H groups in total. The molecule has 1 heterocycles. The highest BCUT2D eigenvalue weighted by molar-refractivity contribution is 8.93. The number of nitrogens with one attached hydrogen (secondary N) is 2. The molecule has 126 valence electrons. The number of thioether (sulfide) groups is 1. The average molecular weight is 389 g/mol. The highest BCUT2D eigenvalue weighted by Crippen LogP contribution is 2.22. The number of nitrogens with zero attached hydrogens (tertiary/aromatic N) is 2. The van der Waals surface area contributed by atoms with E-state index in [0.29, 0.717) is 6.04 Å². The summed E-state index contributed by atoms with van der Waals surface area (Å²) in [6.07, 6.45) is 11.0. The Bertz CT molecular complexity index is 433. The summed E-state index contributed by atoms with van der Waals surface area (Å²) < 4.78 is 0. The molecule has 22 heavy (non-hydrogen) atoms. The van der Waals surface area contributed by atoms with Gasteiger partial charge in [-0.2, -0.15) is 0 Å².